The molecule has 112 valence electrons. The van der Waals surface area contributed by atoms with Gasteiger partial charge < -0.3 is 9.84 Å². The average molecular weight is 307 g/mol. The zero-order valence-electron chi connectivity index (χ0n) is 11.8. The van der Waals surface area contributed by atoms with Gasteiger partial charge in [-0.15, -0.1) is 0 Å². The number of hydrogen-bond donors (Lipinski definition) is 1. The minimum Gasteiger partial charge on any atom is -0.492 e. The molecule has 0 amide bonds. The molecule has 0 aromatic heterocycles. The van der Waals surface area contributed by atoms with E-state index in [-0.39, 0.29) is 0 Å². The number of carboxylic acid groups (broad SMARTS) is 1. The average Bonchev–Trinajstić information content (AvgIpc) is 3.06. The molecule has 0 radical (unpaired) electrons. The van der Waals surface area contributed by atoms with E-state index in [1.54, 1.807) is 6.07 Å². The predicted octanol–water partition coefficient (Wildman–Crippen LogP) is 4.25. The summed E-state index contributed by atoms with van der Waals surface area (Å²) in [5.74, 6) is 2.15. The fraction of sp³-hybridized carbons (Fsp3) is 0.471. The maximum Gasteiger partial charge on any atom is 0.328 e. The van der Waals surface area contributed by atoms with Crippen LogP contribution in [0.3, 0.4) is 0 Å². The third kappa shape index (κ3) is 3.41. The summed E-state index contributed by atoms with van der Waals surface area (Å²) in [4.78, 5) is 10.5. The molecular weight excluding hydrogens is 288 g/mol. The molecule has 2 saturated carbocycles. The molecule has 3 unspecified atom stereocenters. The van der Waals surface area contributed by atoms with Crippen LogP contribution < -0.4 is 4.74 Å². The van der Waals surface area contributed by atoms with E-state index < -0.39 is 5.97 Å². The molecule has 2 fully saturated rings. The van der Waals surface area contributed by atoms with Crippen molar-refractivity contribution < 1.29 is 14.6 Å². The van der Waals surface area contributed by atoms with Gasteiger partial charge in [0.1, 0.15) is 5.75 Å². The van der Waals surface area contributed by atoms with Crippen LogP contribution in [0, 0.1) is 17.8 Å². The summed E-state index contributed by atoms with van der Waals surface area (Å²) in [5, 5.41) is 9.14. The van der Waals surface area contributed by atoms with Crippen LogP contribution in [0.25, 0.3) is 6.08 Å². The van der Waals surface area contributed by atoms with Crippen LogP contribution in [0.15, 0.2) is 24.3 Å². The van der Waals surface area contributed by atoms with Gasteiger partial charge >= 0.3 is 5.97 Å². The van der Waals surface area contributed by atoms with Gasteiger partial charge in [0.2, 0.25) is 0 Å². The van der Waals surface area contributed by atoms with E-state index in [0.717, 1.165) is 30.1 Å². The van der Waals surface area contributed by atoms with Crippen molar-refractivity contribution in [3.05, 3.63) is 34.9 Å². The first-order valence-corrected chi connectivity index (χ1v) is 7.83. The van der Waals surface area contributed by atoms with Crippen molar-refractivity contribution in [1.82, 2.24) is 0 Å². The monoisotopic (exact) mass is 306 g/mol. The highest BCUT2D eigenvalue weighted by molar-refractivity contribution is 6.32. The molecule has 0 aliphatic heterocycles. The topological polar surface area (TPSA) is 46.5 Å². The summed E-state index contributed by atoms with van der Waals surface area (Å²) in [7, 11) is 0. The molecule has 2 aliphatic rings. The Balaban J connectivity index is 1.59. The number of carboxylic acids is 1. The summed E-state index contributed by atoms with van der Waals surface area (Å²) in [5.41, 5.74) is 0.759. The minimum absolute atomic E-state index is 0.533. The Labute approximate surface area is 129 Å². The second-order valence-corrected chi connectivity index (χ2v) is 6.51. The van der Waals surface area contributed by atoms with Crippen LogP contribution in [0.2, 0.25) is 5.02 Å². The summed E-state index contributed by atoms with van der Waals surface area (Å²) in [6.07, 6.45) is 8.04. The molecule has 1 aromatic carbocycles. The van der Waals surface area contributed by atoms with E-state index in [9.17, 15) is 4.79 Å². The van der Waals surface area contributed by atoms with E-state index in [1.165, 1.54) is 31.8 Å². The number of fused-ring (bicyclic) bond motifs is 2. The maximum absolute atomic E-state index is 10.5. The van der Waals surface area contributed by atoms with Gasteiger partial charge in [-0.2, -0.15) is 0 Å². The molecule has 2 bridgehead atoms. The van der Waals surface area contributed by atoms with Crippen molar-refractivity contribution in [3.63, 3.8) is 0 Å². The molecule has 0 spiro atoms. The lowest BCUT2D eigenvalue weighted by atomic mass is 9.89. The number of carbonyl (C=O) groups is 1. The lowest BCUT2D eigenvalue weighted by molar-refractivity contribution is -0.131. The summed E-state index contributed by atoms with van der Waals surface area (Å²) < 4.78 is 5.88. The minimum atomic E-state index is -0.970. The lowest BCUT2D eigenvalue weighted by Gasteiger charge is -2.22. The number of aliphatic carboxylic acids is 1. The Morgan fingerprint density at radius 2 is 2.24 bits per heavy atom. The van der Waals surface area contributed by atoms with Crippen molar-refractivity contribution in [2.45, 2.75) is 25.7 Å². The number of ether oxygens (including phenoxy) is 1. The van der Waals surface area contributed by atoms with Crippen molar-refractivity contribution in [1.29, 1.82) is 0 Å². The first kappa shape index (κ1) is 14.5. The molecule has 3 nitrogen and oxygen atoms in total. The number of rotatable bonds is 5. The van der Waals surface area contributed by atoms with E-state index >= 15 is 0 Å². The predicted molar refractivity (Wildman–Crippen MR) is 82.6 cm³/mol. The summed E-state index contributed by atoms with van der Waals surface area (Å²) >= 11 is 6.20. The number of hydrogen-bond acceptors (Lipinski definition) is 2. The van der Waals surface area contributed by atoms with Crippen LogP contribution in [0.1, 0.15) is 31.2 Å². The van der Waals surface area contributed by atoms with Gasteiger partial charge in [0, 0.05) is 6.08 Å². The normalized spacial score (nSPS) is 27.4. The van der Waals surface area contributed by atoms with E-state index in [1.807, 2.05) is 12.1 Å². The maximum atomic E-state index is 10.5. The fourth-order valence-corrected chi connectivity index (χ4v) is 3.93. The van der Waals surface area contributed by atoms with Gasteiger partial charge in [0.05, 0.1) is 11.6 Å². The lowest BCUT2D eigenvalue weighted by Crippen LogP contribution is -2.18. The Bertz CT molecular complexity index is 567. The van der Waals surface area contributed by atoms with Gasteiger partial charge in [-0.25, -0.2) is 4.79 Å². The quantitative estimate of drug-likeness (QED) is 0.827. The zero-order chi connectivity index (χ0) is 14.8. The Kier molecular flexibility index (Phi) is 4.20. The van der Waals surface area contributed by atoms with Crippen LogP contribution in [-0.4, -0.2) is 17.7 Å². The zero-order valence-corrected chi connectivity index (χ0v) is 12.6. The number of halogens is 1. The molecule has 1 aromatic rings. The van der Waals surface area contributed by atoms with Crippen LogP contribution in [0.4, 0.5) is 0 Å². The van der Waals surface area contributed by atoms with Gasteiger partial charge in [0.25, 0.3) is 0 Å². The van der Waals surface area contributed by atoms with Crippen molar-refractivity contribution in [3.8, 4) is 5.75 Å². The van der Waals surface area contributed by atoms with E-state index in [2.05, 4.69) is 0 Å². The highest BCUT2D eigenvalue weighted by Gasteiger charge is 2.39. The second-order valence-electron chi connectivity index (χ2n) is 6.11. The van der Waals surface area contributed by atoms with Crippen molar-refractivity contribution in [2.24, 2.45) is 17.8 Å². The summed E-state index contributed by atoms with van der Waals surface area (Å²) in [6.45, 7) is 0.741. The van der Waals surface area contributed by atoms with Gasteiger partial charge in [0.15, 0.2) is 0 Å². The molecule has 1 N–H and O–H groups in total. The van der Waals surface area contributed by atoms with Crippen LogP contribution >= 0.6 is 11.6 Å². The van der Waals surface area contributed by atoms with E-state index in [4.69, 9.17) is 21.4 Å². The molecule has 2 aliphatic carbocycles. The molecule has 21 heavy (non-hydrogen) atoms. The molecule has 3 atom stereocenters. The van der Waals surface area contributed by atoms with Crippen LogP contribution in [-0.2, 0) is 4.79 Å². The number of benzene rings is 1. The Morgan fingerprint density at radius 1 is 1.38 bits per heavy atom. The SMILES string of the molecule is O=C(O)C=Cc1ccc(OCC2CC3CCC2C3)c(Cl)c1. The standard InChI is InChI=1S/C17H19ClO3/c18-15-9-11(3-6-17(19)20)2-5-16(15)21-10-14-8-12-1-4-13(14)7-12/h2-3,5-6,9,12-14H,1,4,7-8,10H2,(H,19,20). The first-order chi connectivity index (χ1) is 10.1. The molecule has 4 heteroatoms. The van der Waals surface area contributed by atoms with Gasteiger partial charge in [-0.1, -0.05) is 24.1 Å². The van der Waals surface area contributed by atoms with E-state index in [0.29, 0.717) is 16.7 Å². The third-order valence-electron chi connectivity index (χ3n) is 4.71. The first-order valence-electron chi connectivity index (χ1n) is 7.45. The van der Waals surface area contributed by atoms with Crippen molar-refractivity contribution >= 4 is 23.6 Å². The highest BCUT2D eigenvalue weighted by atomic mass is 35.5. The van der Waals surface area contributed by atoms with Crippen LogP contribution in [0.5, 0.6) is 5.75 Å². The fourth-order valence-electron chi connectivity index (χ4n) is 3.68. The molecule has 3 rings (SSSR count). The molecule has 0 saturated heterocycles. The smallest absolute Gasteiger partial charge is 0.328 e. The summed E-state index contributed by atoms with van der Waals surface area (Å²) in [6, 6.07) is 5.37. The van der Waals surface area contributed by atoms with Gasteiger partial charge in [-0.05, 0) is 60.8 Å². The van der Waals surface area contributed by atoms with Gasteiger partial charge in [-0.3, -0.25) is 0 Å². The Hall–Kier alpha value is -1.48. The van der Waals surface area contributed by atoms with Crippen molar-refractivity contribution in [2.75, 3.05) is 6.61 Å². The largest absolute Gasteiger partial charge is 0.492 e. The second kappa shape index (κ2) is 6.10. The highest BCUT2D eigenvalue weighted by Crippen LogP contribution is 2.48. The molecular formula is C17H19ClO3. The Morgan fingerprint density at radius 3 is 2.86 bits per heavy atom. The molecule has 0 heterocycles. The third-order valence-corrected chi connectivity index (χ3v) is 5.01.